The van der Waals surface area contributed by atoms with Crippen molar-refractivity contribution in [3.63, 3.8) is 0 Å². The quantitative estimate of drug-likeness (QED) is 0.0199. The Balaban J connectivity index is 1.40. The van der Waals surface area contributed by atoms with Crippen molar-refractivity contribution in [2.75, 3.05) is 26.4 Å². The van der Waals surface area contributed by atoms with E-state index < -0.39 is 124 Å². The van der Waals surface area contributed by atoms with E-state index in [0.29, 0.717) is 6.42 Å². The van der Waals surface area contributed by atoms with Crippen LogP contribution in [0.15, 0.2) is 60.8 Å². The van der Waals surface area contributed by atoms with Crippen molar-refractivity contribution in [2.45, 2.75) is 356 Å². The van der Waals surface area contributed by atoms with Gasteiger partial charge in [0.25, 0.3) is 0 Å². The summed E-state index contributed by atoms with van der Waals surface area (Å²) in [6.07, 6.45) is 37.7. The van der Waals surface area contributed by atoms with Crippen molar-refractivity contribution in [1.29, 1.82) is 0 Å². The van der Waals surface area contributed by atoms with Gasteiger partial charge in [0.05, 0.1) is 38.6 Å². The second-order valence-electron chi connectivity index (χ2n) is 25.3. The van der Waals surface area contributed by atoms with Gasteiger partial charge in [-0.3, -0.25) is 4.79 Å². The van der Waals surface area contributed by atoms with Crippen molar-refractivity contribution in [3.05, 3.63) is 60.8 Å². The summed E-state index contributed by atoms with van der Waals surface area (Å²) in [7, 11) is 0. The first-order valence-corrected chi connectivity index (χ1v) is 35.5. The summed E-state index contributed by atoms with van der Waals surface area (Å²) in [5, 5.41) is 121. The van der Waals surface area contributed by atoms with E-state index >= 15 is 0 Å². The minimum atomic E-state index is -1.98. The molecule has 19 heteroatoms. The van der Waals surface area contributed by atoms with Crippen molar-refractivity contribution in [2.24, 2.45) is 0 Å². The van der Waals surface area contributed by atoms with Gasteiger partial charge in [-0.2, -0.15) is 0 Å². The smallest absolute Gasteiger partial charge is 0.220 e. The Morgan fingerprint density at radius 2 is 0.767 bits per heavy atom. The lowest BCUT2D eigenvalue weighted by Crippen LogP contribution is -2.66. The average molecular weight is 1280 g/mol. The first kappa shape index (κ1) is 81.7. The van der Waals surface area contributed by atoms with Gasteiger partial charge in [-0.1, -0.05) is 248 Å². The molecule has 19 nitrogen and oxygen atoms in total. The maximum Gasteiger partial charge on any atom is 0.220 e. The number of amides is 1. The molecule has 3 heterocycles. The van der Waals surface area contributed by atoms with E-state index in [9.17, 15) is 61.0 Å². The summed E-state index contributed by atoms with van der Waals surface area (Å²) in [6, 6.07) is -0.974. The van der Waals surface area contributed by atoms with Crippen LogP contribution >= 0.6 is 0 Å². The standard InChI is InChI=1S/C71H127NO18/c1-3-5-7-9-11-13-15-17-19-21-22-23-24-25-26-27-28-29-30-31-32-33-35-37-39-41-43-45-47-49-59(77)72-54(55(76)48-46-44-42-40-38-36-34-20-18-16-14-12-10-8-6-4-2)53-85-69-65(83)62(80)67(57(51-74)87-69)90-71-66(84)63(81)68(58(52-75)88-71)89-70-64(82)61(79)60(78)56(50-73)86-70/h5,7,11,13,17,19,22-23,46,48,54-58,60-71,73-76,78-84H,3-4,6,8-10,12,14-16,18,20-21,24-45,47,49-53H2,1-2H3,(H,72,77)/b7-5-,13-11-,19-17-,23-22-,48-46+. The summed E-state index contributed by atoms with van der Waals surface area (Å²) in [5.41, 5.74) is 0. The van der Waals surface area contributed by atoms with Crippen LogP contribution in [0.2, 0.25) is 0 Å². The van der Waals surface area contributed by atoms with Gasteiger partial charge in [0, 0.05) is 6.42 Å². The Bertz CT molecular complexity index is 1870. The highest BCUT2D eigenvalue weighted by molar-refractivity contribution is 5.76. The summed E-state index contributed by atoms with van der Waals surface area (Å²) in [5.74, 6) is -0.275. The van der Waals surface area contributed by atoms with Crippen LogP contribution in [0, 0.1) is 0 Å². The molecule has 0 spiro atoms. The highest BCUT2D eigenvalue weighted by Crippen LogP contribution is 2.33. The van der Waals surface area contributed by atoms with Gasteiger partial charge in [0.15, 0.2) is 18.9 Å². The third-order valence-corrected chi connectivity index (χ3v) is 17.6. The summed E-state index contributed by atoms with van der Waals surface area (Å²) in [6.45, 7) is 1.63. The third kappa shape index (κ3) is 34.2. The van der Waals surface area contributed by atoms with Crippen LogP contribution in [0.25, 0.3) is 0 Å². The van der Waals surface area contributed by atoms with Gasteiger partial charge in [0.2, 0.25) is 5.91 Å². The van der Waals surface area contributed by atoms with Gasteiger partial charge in [-0.05, 0) is 57.8 Å². The Labute approximate surface area is 541 Å². The molecule has 0 bridgehead atoms. The van der Waals surface area contributed by atoms with Crippen LogP contribution in [0.4, 0.5) is 0 Å². The fourth-order valence-electron chi connectivity index (χ4n) is 11.8. The molecule has 17 unspecified atom stereocenters. The van der Waals surface area contributed by atoms with Gasteiger partial charge in [-0.25, -0.2) is 0 Å². The normalized spacial score (nSPS) is 28.4. The molecule has 0 aromatic rings. The molecule has 0 aliphatic carbocycles. The molecular weight excluding hydrogens is 1150 g/mol. The van der Waals surface area contributed by atoms with E-state index in [1.807, 2.05) is 6.08 Å². The van der Waals surface area contributed by atoms with Crippen molar-refractivity contribution in [3.8, 4) is 0 Å². The van der Waals surface area contributed by atoms with Crippen LogP contribution in [0.5, 0.6) is 0 Å². The maximum absolute atomic E-state index is 13.4. The molecule has 3 saturated heterocycles. The number of aliphatic hydroxyl groups excluding tert-OH is 11. The predicted molar refractivity (Wildman–Crippen MR) is 351 cm³/mol. The second kappa shape index (κ2) is 52.7. The highest BCUT2D eigenvalue weighted by Gasteiger charge is 2.53. The Hall–Kier alpha value is -2.51. The van der Waals surface area contributed by atoms with Gasteiger partial charge in [0.1, 0.15) is 73.2 Å². The SMILES string of the molecule is CC/C=C\C/C=C\C/C=C\C/C=C\CCCCCCCCCCCCCCCCCCC(=O)NC(COC1OC(CO)C(OC2OC(CO)C(OC3OC(CO)C(O)C(O)C3O)C(O)C2O)C(O)C1O)C(O)/C=C/CCCCCCCCCCCCCCCC. The fourth-order valence-corrected chi connectivity index (χ4v) is 11.8. The van der Waals surface area contributed by atoms with E-state index in [-0.39, 0.29) is 18.9 Å². The van der Waals surface area contributed by atoms with E-state index in [1.54, 1.807) is 6.08 Å². The number of ether oxygens (including phenoxy) is 6. The van der Waals surface area contributed by atoms with Crippen LogP contribution in [0.3, 0.4) is 0 Å². The lowest BCUT2D eigenvalue weighted by atomic mass is 9.96. The zero-order valence-corrected chi connectivity index (χ0v) is 55.4. The largest absolute Gasteiger partial charge is 0.394 e. The van der Waals surface area contributed by atoms with Crippen molar-refractivity contribution >= 4 is 5.91 Å². The third-order valence-electron chi connectivity index (χ3n) is 17.6. The zero-order chi connectivity index (χ0) is 65.4. The number of hydrogen-bond acceptors (Lipinski definition) is 18. The van der Waals surface area contributed by atoms with E-state index in [2.05, 4.69) is 67.8 Å². The van der Waals surface area contributed by atoms with Crippen LogP contribution in [0.1, 0.15) is 251 Å². The average Bonchev–Trinajstić information content (AvgIpc) is 1.05. The monoisotopic (exact) mass is 1280 g/mol. The molecule has 0 radical (unpaired) electrons. The zero-order valence-electron chi connectivity index (χ0n) is 55.4. The lowest BCUT2D eigenvalue weighted by Gasteiger charge is -2.48. The number of carbonyl (C=O) groups excluding carboxylic acids is 1. The first-order chi connectivity index (χ1) is 43.8. The molecule has 3 aliphatic heterocycles. The van der Waals surface area contributed by atoms with Crippen molar-refractivity contribution in [1.82, 2.24) is 5.32 Å². The number of carbonyl (C=O) groups is 1. The van der Waals surface area contributed by atoms with E-state index in [0.717, 1.165) is 70.6 Å². The fraction of sp³-hybridized carbons (Fsp3) is 0.845. The maximum atomic E-state index is 13.4. The van der Waals surface area contributed by atoms with Gasteiger partial charge in [-0.15, -0.1) is 0 Å². The molecule has 3 aliphatic rings. The Morgan fingerprint density at radius 3 is 1.20 bits per heavy atom. The van der Waals surface area contributed by atoms with E-state index in [4.69, 9.17) is 28.4 Å². The Morgan fingerprint density at radius 1 is 0.411 bits per heavy atom. The summed E-state index contributed by atoms with van der Waals surface area (Å²) < 4.78 is 34.4. The molecule has 3 rings (SSSR count). The lowest BCUT2D eigenvalue weighted by molar-refractivity contribution is -0.379. The minimum Gasteiger partial charge on any atom is -0.394 e. The number of aliphatic hydroxyl groups is 11. The molecule has 0 aromatic heterocycles. The molecular formula is C71H127NO18. The van der Waals surface area contributed by atoms with Crippen LogP contribution < -0.4 is 5.32 Å². The van der Waals surface area contributed by atoms with Crippen LogP contribution in [-0.2, 0) is 33.2 Å². The van der Waals surface area contributed by atoms with Crippen LogP contribution in [-0.4, -0.2) is 193 Å². The molecule has 12 N–H and O–H groups in total. The number of nitrogens with one attached hydrogen (secondary N) is 1. The number of rotatable bonds is 54. The summed E-state index contributed by atoms with van der Waals surface area (Å²) >= 11 is 0. The first-order valence-electron chi connectivity index (χ1n) is 35.5. The molecule has 3 fully saturated rings. The molecule has 90 heavy (non-hydrogen) atoms. The topological polar surface area (TPSA) is 307 Å². The predicted octanol–water partition coefficient (Wildman–Crippen LogP) is 9.55. The van der Waals surface area contributed by atoms with E-state index in [1.165, 1.54) is 154 Å². The molecule has 1 amide bonds. The Kier molecular flexibility index (Phi) is 47.9. The molecule has 17 atom stereocenters. The number of allylic oxidation sites excluding steroid dienone is 9. The summed E-state index contributed by atoms with van der Waals surface area (Å²) in [4.78, 5) is 13.4. The number of unbranched alkanes of at least 4 members (excludes halogenated alkanes) is 30. The number of hydrogen-bond donors (Lipinski definition) is 12. The molecule has 524 valence electrons. The minimum absolute atomic E-state index is 0.242. The molecule has 0 aromatic carbocycles. The van der Waals surface area contributed by atoms with Gasteiger partial charge >= 0.3 is 0 Å². The highest BCUT2D eigenvalue weighted by atomic mass is 16.8. The van der Waals surface area contributed by atoms with Gasteiger partial charge < -0.3 is 89.9 Å². The van der Waals surface area contributed by atoms with Crippen molar-refractivity contribution < 1.29 is 89.4 Å². The second-order valence-corrected chi connectivity index (χ2v) is 25.3. The molecule has 0 saturated carbocycles.